The van der Waals surface area contributed by atoms with E-state index in [-0.39, 0.29) is 18.7 Å². The minimum Gasteiger partial charge on any atom is -0.459 e. The normalized spacial score (nSPS) is 38.7. The Morgan fingerprint density at radius 1 is 0.900 bits per heavy atom. The molecule has 3 heteroatoms. The SMILES string of the molecule is C=C(C)C(=O)OC(CCO)CCC[C@H]1CC[C@@]2(C)[C@@H](CC[C@@H]3[C@@H]2CC[C@]2(C)[C@@H]([C@H](C)CCCC(C)C)CC[C@@H]32)C1. The fourth-order valence-corrected chi connectivity index (χ4v) is 10.9. The lowest BCUT2D eigenvalue weighted by Crippen LogP contribution is -2.53. The van der Waals surface area contributed by atoms with E-state index < -0.39 is 0 Å². The molecule has 40 heavy (non-hydrogen) atoms. The van der Waals surface area contributed by atoms with E-state index in [2.05, 4.69) is 41.2 Å². The van der Waals surface area contributed by atoms with E-state index in [9.17, 15) is 9.90 Å². The van der Waals surface area contributed by atoms with Crippen molar-refractivity contribution in [1.82, 2.24) is 0 Å². The van der Waals surface area contributed by atoms with Crippen molar-refractivity contribution < 1.29 is 14.6 Å². The number of hydrogen-bond acceptors (Lipinski definition) is 3. The van der Waals surface area contributed by atoms with E-state index in [1.807, 2.05) is 0 Å². The molecule has 0 aromatic heterocycles. The molecule has 0 bridgehead atoms. The number of hydrogen-bond donors (Lipinski definition) is 1. The monoisotopic (exact) mass is 556 g/mol. The predicted octanol–water partition coefficient (Wildman–Crippen LogP) is 9.76. The molecule has 0 aromatic rings. The van der Waals surface area contributed by atoms with Gasteiger partial charge in [0.2, 0.25) is 0 Å². The van der Waals surface area contributed by atoms with Gasteiger partial charge in [0, 0.05) is 18.6 Å². The Hall–Kier alpha value is -0.830. The summed E-state index contributed by atoms with van der Waals surface area (Å²) in [5.74, 6) is 7.00. The molecule has 1 N–H and O–H groups in total. The van der Waals surface area contributed by atoms with E-state index >= 15 is 0 Å². The van der Waals surface area contributed by atoms with Gasteiger partial charge < -0.3 is 9.84 Å². The van der Waals surface area contributed by atoms with Crippen molar-refractivity contribution in [3.05, 3.63) is 12.2 Å². The van der Waals surface area contributed by atoms with Crippen LogP contribution in [0, 0.1) is 58.2 Å². The van der Waals surface area contributed by atoms with Gasteiger partial charge in [-0.15, -0.1) is 0 Å². The van der Waals surface area contributed by atoms with E-state index in [1.54, 1.807) is 6.92 Å². The van der Waals surface area contributed by atoms with Crippen LogP contribution in [0.15, 0.2) is 12.2 Å². The first-order valence-corrected chi connectivity index (χ1v) is 17.5. The summed E-state index contributed by atoms with van der Waals surface area (Å²) in [5.41, 5.74) is 1.59. The molecule has 4 fully saturated rings. The van der Waals surface area contributed by atoms with E-state index in [0.717, 1.165) is 60.2 Å². The Bertz CT molecular complexity index is 848. The average Bonchev–Trinajstić information content (AvgIpc) is 3.25. The molecular formula is C37H64O3. The maximum Gasteiger partial charge on any atom is 0.333 e. The molecule has 0 aromatic carbocycles. The van der Waals surface area contributed by atoms with Gasteiger partial charge in [-0.3, -0.25) is 0 Å². The van der Waals surface area contributed by atoms with Gasteiger partial charge in [0.1, 0.15) is 6.10 Å². The van der Waals surface area contributed by atoms with Crippen molar-refractivity contribution in [3.8, 4) is 0 Å². The molecule has 0 radical (unpaired) electrons. The van der Waals surface area contributed by atoms with Gasteiger partial charge >= 0.3 is 5.97 Å². The highest BCUT2D eigenvalue weighted by Crippen LogP contribution is 2.68. The summed E-state index contributed by atoms with van der Waals surface area (Å²) in [7, 11) is 0. The maximum atomic E-state index is 12.0. The third-order valence-corrected chi connectivity index (χ3v) is 13.2. The van der Waals surface area contributed by atoms with Crippen LogP contribution in [0.25, 0.3) is 0 Å². The lowest BCUT2D eigenvalue weighted by molar-refractivity contribution is -0.145. The number of fused-ring (bicyclic) bond motifs is 5. The van der Waals surface area contributed by atoms with Crippen LogP contribution in [-0.2, 0) is 9.53 Å². The first-order chi connectivity index (χ1) is 19.0. The zero-order valence-electron chi connectivity index (χ0n) is 27.2. The van der Waals surface area contributed by atoms with E-state index in [4.69, 9.17) is 4.74 Å². The minimum absolute atomic E-state index is 0.0678. The van der Waals surface area contributed by atoms with E-state index in [1.165, 1.54) is 83.5 Å². The molecule has 0 aliphatic heterocycles. The highest BCUT2D eigenvalue weighted by Gasteiger charge is 2.60. The van der Waals surface area contributed by atoms with E-state index in [0.29, 0.717) is 22.8 Å². The maximum absolute atomic E-state index is 12.0. The number of ether oxygens (including phenoxy) is 1. The molecule has 4 saturated carbocycles. The minimum atomic E-state index is -0.318. The molecular weight excluding hydrogens is 492 g/mol. The van der Waals surface area contributed by atoms with Crippen LogP contribution in [0.2, 0.25) is 0 Å². The molecule has 0 amide bonds. The number of aliphatic hydroxyl groups is 1. The number of aliphatic hydroxyl groups excluding tert-OH is 1. The van der Waals surface area contributed by atoms with Crippen LogP contribution in [-0.4, -0.2) is 23.8 Å². The van der Waals surface area contributed by atoms with Gasteiger partial charge in [0.25, 0.3) is 0 Å². The lowest BCUT2D eigenvalue weighted by Gasteiger charge is -2.61. The number of esters is 1. The number of carbonyl (C=O) groups excluding carboxylic acids is 1. The molecule has 0 spiro atoms. The van der Waals surface area contributed by atoms with Crippen molar-refractivity contribution in [1.29, 1.82) is 0 Å². The fraction of sp³-hybridized carbons (Fsp3) is 0.919. The predicted molar refractivity (Wildman–Crippen MR) is 167 cm³/mol. The zero-order valence-corrected chi connectivity index (χ0v) is 27.2. The Morgan fingerprint density at radius 2 is 1.62 bits per heavy atom. The van der Waals surface area contributed by atoms with Crippen LogP contribution in [0.5, 0.6) is 0 Å². The largest absolute Gasteiger partial charge is 0.459 e. The highest BCUT2D eigenvalue weighted by atomic mass is 16.5. The summed E-state index contributed by atoms with van der Waals surface area (Å²) in [6, 6.07) is 0. The van der Waals surface area contributed by atoms with Crippen LogP contribution >= 0.6 is 0 Å². The van der Waals surface area contributed by atoms with Crippen molar-refractivity contribution in [2.45, 2.75) is 150 Å². The Morgan fingerprint density at radius 3 is 2.33 bits per heavy atom. The van der Waals surface area contributed by atoms with Gasteiger partial charge in [0.05, 0.1) is 0 Å². The summed E-state index contributed by atoms with van der Waals surface area (Å²) in [4.78, 5) is 12.0. The van der Waals surface area contributed by atoms with Crippen LogP contribution in [0.1, 0.15) is 144 Å². The molecule has 0 saturated heterocycles. The first-order valence-electron chi connectivity index (χ1n) is 17.5. The molecule has 0 heterocycles. The van der Waals surface area contributed by atoms with Gasteiger partial charge in [-0.1, -0.05) is 66.9 Å². The van der Waals surface area contributed by atoms with Crippen molar-refractivity contribution in [2.24, 2.45) is 58.2 Å². The number of carbonyl (C=O) groups is 1. The summed E-state index contributed by atoms with van der Waals surface area (Å²) in [6.07, 6.45) is 20.9. The van der Waals surface area contributed by atoms with Gasteiger partial charge in [0.15, 0.2) is 0 Å². The second-order valence-corrected chi connectivity index (χ2v) is 16.1. The Labute approximate surface area is 247 Å². The molecule has 4 rings (SSSR count). The Kier molecular flexibility index (Phi) is 10.9. The third kappa shape index (κ3) is 6.86. The number of rotatable bonds is 13. The van der Waals surface area contributed by atoms with Gasteiger partial charge in [-0.2, -0.15) is 0 Å². The molecule has 4 aliphatic rings. The second kappa shape index (κ2) is 13.6. The summed E-state index contributed by atoms with van der Waals surface area (Å²) >= 11 is 0. The molecule has 4 aliphatic carbocycles. The lowest BCUT2D eigenvalue weighted by atomic mass is 9.44. The molecule has 10 atom stereocenters. The van der Waals surface area contributed by atoms with Crippen LogP contribution in [0.4, 0.5) is 0 Å². The average molecular weight is 557 g/mol. The molecule has 3 nitrogen and oxygen atoms in total. The Balaban J connectivity index is 1.30. The second-order valence-electron chi connectivity index (χ2n) is 16.1. The zero-order chi connectivity index (χ0) is 29.1. The topological polar surface area (TPSA) is 46.5 Å². The van der Waals surface area contributed by atoms with Crippen molar-refractivity contribution in [3.63, 3.8) is 0 Å². The third-order valence-electron chi connectivity index (χ3n) is 13.2. The van der Waals surface area contributed by atoms with Crippen LogP contribution < -0.4 is 0 Å². The summed E-state index contributed by atoms with van der Waals surface area (Å²) in [6.45, 7) is 18.3. The van der Waals surface area contributed by atoms with Crippen molar-refractivity contribution >= 4 is 5.97 Å². The van der Waals surface area contributed by atoms with Gasteiger partial charge in [-0.05, 0) is 136 Å². The molecule has 230 valence electrons. The highest BCUT2D eigenvalue weighted by molar-refractivity contribution is 5.87. The standard InChI is InChI=1S/C37H64O3/c1-25(2)10-8-11-27(5)32-16-17-33-31-15-14-29-24-28(12-9-13-30(20-23-38)40-35(39)26(3)4)18-21-36(29,6)34(31)19-22-37(32,33)7/h25,27-34,38H,3,8-24H2,1-2,4-7H3/t27-,28+,29+,30?,31+,32-,33+,34+,36+,37-/m1/s1. The summed E-state index contributed by atoms with van der Waals surface area (Å²) in [5, 5.41) is 9.44. The smallest absolute Gasteiger partial charge is 0.333 e. The van der Waals surface area contributed by atoms with Crippen LogP contribution in [0.3, 0.4) is 0 Å². The van der Waals surface area contributed by atoms with Gasteiger partial charge in [-0.25, -0.2) is 4.79 Å². The van der Waals surface area contributed by atoms with Crippen molar-refractivity contribution in [2.75, 3.05) is 6.61 Å². The first kappa shape index (κ1) is 32.1. The fourth-order valence-electron chi connectivity index (χ4n) is 10.9. The molecule has 1 unspecified atom stereocenters. The quantitative estimate of drug-likeness (QED) is 0.181. The summed E-state index contributed by atoms with van der Waals surface area (Å²) < 4.78 is 5.60.